The molecule has 2 rings (SSSR count). The van der Waals surface area contributed by atoms with Crippen LogP contribution in [0.1, 0.15) is 12.8 Å². The molecule has 2 fully saturated rings. The first-order valence-corrected chi connectivity index (χ1v) is 6.71. The second kappa shape index (κ2) is 6.45. The van der Waals surface area contributed by atoms with Gasteiger partial charge in [0.05, 0.1) is 18.8 Å². The Kier molecular flexibility index (Phi) is 4.90. The Hall–Kier alpha value is -0.980. The maximum Gasteiger partial charge on any atom is 0.236 e. The average Bonchev–Trinajstić information content (AvgIpc) is 2.81. The number of hydrogen-bond acceptors (Lipinski definition) is 5. The molecule has 2 atom stereocenters. The van der Waals surface area contributed by atoms with Crippen molar-refractivity contribution in [3.8, 4) is 0 Å². The summed E-state index contributed by atoms with van der Waals surface area (Å²) in [4.78, 5) is 27.1. The summed E-state index contributed by atoms with van der Waals surface area (Å²) in [5, 5.41) is 0. The zero-order chi connectivity index (χ0) is 13.8. The summed E-state index contributed by atoms with van der Waals surface area (Å²) in [5.74, 6) is 0.350. The first-order valence-electron chi connectivity index (χ1n) is 6.71. The molecule has 0 radical (unpaired) electrons. The number of likely N-dealkylation sites (tertiary alicyclic amines) is 2. The van der Waals surface area contributed by atoms with Crippen LogP contribution in [0.4, 0.5) is 0 Å². The van der Waals surface area contributed by atoms with Crippen molar-refractivity contribution in [1.82, 2.24) is 9.80 Å². The van der Waals surface area contributed by atoms with Crippen molar-refractivity contribution in [3.05, 3.63) is 0 Å². The van der Waals surface area contributed by atoms with E-state index in [4.69, 9.17) is 9.47 Å². The van der Waals surface area contributed by atoms with Crippen molar-refractivity contribution in [2.45, 2.75) is 25.0 Å². The van der Waals surface area contributed by atoms with E-state index in [0.29, 0.717) is 45.6 Å². The fourth-order valence-corrected chi connectivity index (χ4v) is 2.70. The molecule has 2 heterocycles. The molecule has 0 aromatic rings. The van der Waals surface area contributed by atoms with E-state index in [1.54, 1.807) is 19.1 Å². The van der Waals surface area contributed by atoms with Gasteiger partial charge in [-0.25, -0.2) is 0 Å². The zero-order valence-corrected chi connectivity index (χ0v) is 11.6. The number of hydrogen-bond donors (Lipinski definition) is 0. The van der Waals surface area contributed by atoms with Gasteiger partial charge in [0.2, 0.25) is 5.91 Å². The van der Waals surface area contributed by atoms with Crippen LogP contribution in [-0.2, 0) is 19.1 Å². The van der Waals surface area contributed by atoms with Crippen molar-refractivity contribution in [2.24, 2.45) is 0 Å². The van der Waals surface area contributed by atoms with Gasteiger partial charge < -0.3 is 14.4 Å². The largest absolute Gasteiger partial charge is 0.377 e. The lowest BCUT2D eigenvalue weighted by Gasteiger charge is -2.28. The van der Waals surface area contributed by atoms with E-state index in [1.807, 2.05) is 0 Å². The molecule has 2 aliphatic rings. The Morgan fingerprint density at radius 2 is 1.68 bits per heavy atom. The van der Waals surface area contributed by atoms with Crippen LogP contribution in [0.3, 0.4) is 0 Å². The lowest BCUT2D eigenvalue weighted by Crippen LogP contribution is -2.44. The van der Waals surface area contributed by atoms with Gasteiger partial charge in [0.25, 0.3) is 0 Å². The molecule has 6 heteroatoms. The molecule has 0 N–H and O–H groups in total. The smallest absolute Gasteiger partial charge is 0.236 e. The number of carbonyl (C=O) groups is 2. The molecule has 19 heavy (non-hydrogen) atoms. The summed E-state index contributed by atoms with van der Waals surface area (Å²) in [7, 11) is 3.33. The second-order valence-corrected chi connectivity index (χ2v) is 5.16. The summed E-state index contributed by atoms with van der Waals surface area (Å²) in [6.45, 7) is 2.94. The minimum absolute atomic E-state index is 0.0285. The van der Waals surface area contributed by atoms with Crippen molar-refractivity contribution in [1.29, 1.82) is 0 Å². The van der Waals surface area contributed by atoms with Crippen LogP contribution in [0.2, 0.25) is 0 Å². The quantitative estimate of drug-likeness (QED) is 0.691. The first-order chi connectivity index (χ1) is 9.13. The molecule has 0 spiro atoms. The number of Topliss-reactive ketones (excluding diaryl/α,β-unsaturated/α-hetero) is 1. The monoisotopic (exact) mass is 270 g/mol. The van der Waals surface area contributed by atoms with E-state index >= 15 is 0 Å². The van der Waals surface area contributed by atoms with Crippen LogP contribution < -0.4 is 0 Å². The van der Waals surface area contributed by atoms with Gasteiger partial charge in [-0.05, 0) is 0 Å². The Balaban J connectivity index is 1.81. The molecule has 0 aromatic heterocycles. The first kappa shape index (κ1) is 14.4. The minimum atomic E-state index is 0.0285. The third-order valence-corrected chi connectivity index (χ3v) is 3.93. The Labute approximate surface area is 113 Å². The number of nitrogens with zero attached hydrogens (tertiary/aromatic N) is 2. The predicted molar refractivity (Wildman–Crippen MR) is 68.9 cm³/mol. The van der Waals surface area contributed by atoms with E-state index < -0.39 is 0 Å². The number of carbonyl (C=O) groups excluding carboxylic acids is 2. The number of piperidine rings is 1. The highest BCUT2D eigenvalue weighted by molar-refractivity contribution is 5.84. The molecule has 1 amide bonds. The number of ketones is 1. The lowest BCUT2D eigenvalue weighted by atomic mass is 10.1. The van der Waals surface area contributed by atoms with Gasteiger partial charge >= 0.3 is 0 Å². The third kappa shape index (κ3) is 3.52. The summed E-state index contributed by atoms with van der Waals surface area (Å²) in [6, 6.07) is 0. The molecule has 6 nitrogen and oxygen atoms in total. The third-order valence-electron chi connectivity index (χ3n) is 3.93. The standard InChI is InChI=1S/C13H22N2O4/c1-18-11-7-14(8-12(11)19-2)9-13(17)15-5-3-10(16)4-6-15/h11-12H,3-9H2,1-2H3. The van der Waals surface area contributed by atoms with Gasteiger partial charge in [-0.2, -0.15) is 0 Å². The van der Waals surface area contributed by atoms with E-state index in [2.05, 4.69) is 4.90 Å². The van der Waals surface area contributed by atoms with Crippen molar-refractivity contribution in [2.75, 3.05) is 46.9 Å². The summed E-state index contributed by atoms with van der Waals surface area (Å²) in [5.41, 5.74) is 0. The van der Waals surface area contributed by atoms with Crippen LogP contribution in [0.25, 0.3) is 0 Å². The minimum Gasteiger partial charge on any atom is -0.377 e. The van der Waals surface area contributed by atoms with Crippen LogP contribution in [-0.4, -0.2) is 80.6 Å². The molecule has 2 saturated heterocycles. The maximum absolute atomic E-state index is 12.1. The summed E-state index contributed by atoms with van der Waals surface area (Å²) in [6.07, 6.45) is 1.04. The zero-order valence-electron chi connectivity index (χ0n) is 11.6. The van der Waals surface area contributed by atoms with E-state index in [9.17, 15) is 9.59 Å². The highest BCUT2D eigenvalue weighted by Gasteiger charge is 2.34. The van der Waals surface area contributed by atoms with E-state index in [0.717, 1.165) is 0 Å². The predicted octanol–water partition coefficient (Wildman–Crippen LogP) is -0.476. The average molecular weight is 270 g/mol. The number of rotatable bonds is 4. The van der Waals surface area contributed by atoms with Crippen LogP contribution in [0.15, 0.2) is 0 Å². The Bertz CT molecular complexity index is 326. The van der Waals surface area contributed by atoms with Gasteiger partial charge in [-0.3, -0.25) is 14.5 Å². The molecule has 0 aliphatic carbocycles. The number of methoxy groups -OCH3 is 2. The van der Waals surface area contributed by atoms with Gasteiger partial charge in [-0.1, -0.05) is 0 Å². The molecular formula is C13H22N2O4. The van der Waals surface area contributed by atoms with Gasteiger partial charge in [-0.15, -0.1) is 0 Å². The Morgan fingerprint density at radius 1 is 1.16 bits per heavy atom. The fraction of sp³-hybridized carbons (Fsp3) is 0.846. The fourth-order valence-electron chi connectivity index (χ4n) is 2.70. The van der Waals surface area contributed by atoms with Crippen LogP contribution in [0.5, 0.6) is 0 Å². The highest BCUT2D eigenvalue weighted by atomic mass is 16.5. The van der Waals surface area contributed by atoms with Gasteiger partial charge in [0, 0.05) is 53.2 Å². The van der Waals surface area contributed by atoms with Crippen molar-refractivity contribution >= 4 is 11.7 Å². The number of amides is 1. The summed E-state index contributed by atoms with van der Waals surface area (Å²) >= 11 is 0. The molecule has 2 unspecified atom stereocenters. The molecule has 0 saturated carbocycles. The number of ether oxygens (including phenoxy) is 2. The van der Waals surface area contributed by atoms with Crippen LogP contribution >= 0.6 is 0 Å². The Morgan fingerprint density at radius 3 is 2.16 bits per heavy atom. The van der Waals surface area contributed by atoms with E-state index in [-0.39, 0.29) is 23.9 Å². The lowest BCUT2D eigenvalue weighted by molar-refractivity contribution is -0.135. The topological polar surface area (TPSA) is 59.1 Å². The molecule has 108 valence electrons. The molecule has 2 aliphatic heterocycles. The van der Waals surface area contributed by atoms with Crippen molar-refractivity contribution in [3.63, 3.8) is 0 Å². The van der Waals surface area contributed by atoms with Crippen LogP contribution in [0, 0.1) is 0 Å². The van der Waals surface area contributed by atoms with Gasteiger partial charge in [0.1, 0.15) is 5.78 Å². The molecular weight excluding hydrogens is 248 g/mol. The normalized spacial score (nSPS) is 28.9. The van der Waals surface area contributed by atoms with E-state index in [1.165, 1.54) is 0 Å². The van der Waals surface area contributed by atoms with Crippen molar-refractivity contribution < 1.29 is 19.1 Å². The SMILES string of the molecule is COC1CN(CC(=O)N2CCC(=O)CC2)CC1OC. The maximum atomic E-state index is 12.1. The highest BCUT2D eigenvalue weighted by Crippen LogP contribution is 2.16. The second-order valence-electron chi connectivity index (χ2n) is 5.16. The molecule has 0 aromatic carbocycles. The van der Waals surface area contributed by atoms with Gasteiger partial charge in [0.15, 0.2) is 0 Å². The molecule has 0 bridgehead atoms. The summed E-state index contributed by atoms with van der Waals surface area (Å²) < 4.78 is 10.7.